The van der Waals surface area contributed by atoms with Gasteiger partial charge in [-0.15, -0.1) is 0 Å². The van der Waals surface area contributed by atoms with E-state index in [0.29, 0.717) is 6.54 Å². The summed E-state index contributed by atoms with van der Waals surface area (Å²) in [7, 11) is -3.39. The molecule has 26 heavy (non-hydrogen) atoms. The van der Waals surface area contributed by atoms with Crippen LogP contribution in [0.1, 0.15) is 40.3 Å². The number of hydrogen-bond donors (Lipinski definition) is 1. The summed E-state index contributed by atoms with van der Waals surface area (Å²) in [5, 5.41) is 2.76. The minimum atomic E-state index is -3.39. The van der Waals surface area contributed by atoms with Crippen LogP contribution in [0.4, 0.5) is 0 Å². The number of amides is 1. The third-order valence-corrected chi connectivity index (χ3v) is 5.87. The van der Waals surface area contributed by atoms with Gasteiger partial charge >= 0.3 is 0 Å². The molecular formula is C19H23NO5S. The van der Waals surface area contributed by atoms with Gasteiger partial charge in [-0.25, -0.2) is 8.42 Å². The van der Waals surface area contributed by atoms with Gasteiger partial charge in [0.25, 0.3) is 5.91 Å². The zero-order valence-corrected chi connectivity index (χ0v) is 15.6. The molecule has 2 heterocycles. The van der Waals surface area contributed by atoms with Crippen LogP contribution in [0.5, 0.6) is 0 Å². The van der Waals surface area contributed by atoms with E-state index in [9.17, 15) is 13.2 Å². The zero-order chi connectivity index (χ0) is 18.6. The largest absolute Gasteiger partial charge is 0.455 e. The maximum atomic E-state index is 12.4. The Balaban J connectivity index is 1.58. The molecule has 1 amide bonds. The molecule has 1 aliphatic heterocycles. The maximum absolute atomic E-state index is 12.4. The van der Waals surface area contributed by atoms with E-state index in [1.54, 1.807) is 6.07 Å². The lowest BCUT2D eigenvalue weighted by atomic mass is 10.1. The van der Waals surface area contributed by atoms with E-state index in [1.165, 1.54) is 12.1 Å². The zero-order valence-electron chi connectivity index (χ0n) is 14.7. The van der Waals surface area contributed by atoms with Gasteiger partial charge in [0.05, 0.1) is 11.9 Å². The molecule has 0 saturated carbocycles. The Morgan fingerprint density at radius 1 is 1.19 bits per heavy atom. The molecule has 1 aliphatic rings. The number of furan rings is 1. The fraction of sp³-hybridized carbons (Fsp3) is 0.421. The fourth-order valence-electron chi connectivity index (χ4n) is 2.95. The summed E-state index contributed by atoms with van der Waals surface area (Å²) in [6.07, 6.45) is 1.98. The minimum Gasteiger partial charge on any atom is -0.455 e. The molecule has 3 rings (SSSR count). The second-order valence-corrected chi connectivity index (χ2v) is 8.63. The van der Waals surface area contributed by atoms with E-state index < -0.39 is 9.84 Å². The van der Waals surface area contributed by atoms with Crippen molar-refractivity contribution in [3.05, 3.63) is 59.0 Å². The number of carbonyl (C=O) groups excluding carboxylic acids is 1. The fourth-order valence-corrected chi connectivity index (χ4v) is 4.44. The summed E-state index contributed by atoms with van der Waals surface area (Å²) < 4.78 is 35.7. The van der Waals surface area contributed by atoms with Crippen molar-refractivity contribution in [3.8, 4) is 0 Å². The van der Waals surface area contributed by atoms with Crippen LogP contribution in [0.3, 0.4) is 0 Å². The predicted octanol–water partition coefficient (Wildman–Crippen LogP) is 2.61. The van der Waals surface area contributed by atoms with Crippen LogP contribution in [0.15, 0.2) is 40.8 Å². The normalized spacial score (nSPS) is 17.3. The van der Waals surface area contributed by atoms with Gasteiger partial charge < -0.3 is 14.5 Å². The summed E-state index contributed by atoms with van der Waals surface area (Å²) in [6, 6.07) is 10.4. The molecule has 2 aromatic rings. The maximum Gasteiger partial charge on any atom is 0.287 e. The van der Waals surface area contributed by atoms with E-state index in [1.807, 2.05) is 25.1 Å². The Kier molecular flexibility index (Phi) is 5.78. The summed E-state index contributed by atoms with van der Waals surface area (Å²) in [4.78, 5) is 12.1. The first-order chi connectivity index (χ1) is 12.4. The molecule has 0 spiro atoms. The van der Waals surface area contributed by atoms with Crippen molar-refractivity contribution in [2.24, 2.45) is 0 Å². The van der Waals surface area contributed by atoms with Gasteiger partial charge in [-0.2, -0.15) is 0 Å². The smallest absolute Gasteiger partial charge is 0.287 e. The Morgan fingerprint density at radius 2 is 2.00 bits per heavy atom. The minimum absolute atomic E-state index is 0.0443. The van der Waals surface area contributed by atoms with Gasteiger partial charge in [0.15, 0.2) is 15.6 Å². The number of sulfone groups is 1. The van der Waals surface area contributed by atoms with Crippen LogP contribution >= 0.6 is 0 Å². The topological polar surface area (TPSA) is 85.6 Å². The van der Waals surface area contributed by atoms with Crippen LogP contribution in [-0.4, -0.2) is 33.6 Å². The van der Waals surface area contributed by atoms with Crippen molar-refractivity contribution < 1.29 is 22.4 Å². The molecule has 6 nitrogen and oxygen atoms in total. The lowest BCUT2D eigenvalue weighted by molar-refractivity contribution is 0.0834. The SMILES string of the molecule is Cc1ccccc1CS(=O)(=O)Cc1ccc(C(=O)NCC2CCCO2)o1. The molecule has 1 aromatic heterocycles. The average molecular weight is 377 g/mol. The molecule has 1 unspecified atom stereocenters. The number of aryl methyl sites for hydroxylation is 1. The second kappa shape index (κ2) is 8.05. The van der Waals surface area contributed by atoms with Crippen LogP contribution in [0.2, 0.25) is 0 Å². The lowest BCUT2D eigenvalue weighted by Gasteiger charge is -2.09. The Morgan fingerprint density at radius 3 is 2.73 bits per heavy atom. The summed E-state index contributed by atoms with van der Waals surface area (Å²) in [5.41, 5.74) is 1.71. The van der Waals surface area contributed by atoms with Gasteiger partial charge in [0.1, 0.15) is 11.5 Å². The van der Waals surface area contributed by atoms with Crippen LogP contribution in [-0.2, 0) is 26.1 Å². The molecule has 140 valence electrons. The molecular weight excluding hydrogens is 354 g/mol. The molecule has 1 N–H and O–H groups in total. The second-order valence-electron chi connectivity index (χ2n) is 6.57. The quantitative estimate of drug-likeness (QED) is 0.802. The monoisotopic (exact) mass is 377 g/mol. The third kappa shape index (κ3) is 4.95. The molecule has 1 saturated heterocycles. The summed E-state index contributed by atoms with van der Waals surface area (Å²) in [6.45, 7) is 3.04. The van der Waals surface area contributed by atoms with Gasteiger partial charge in [0, 0.05) is 13.2 Å². The number of hydrogen-bond acceptors (Lipinski definition) is 5. The van der Waals surface area contributed by atoms with Crippen molar-refractivity contribution in [2.45, 2.75) is 37.4 Å². The van der Waals surface area contributed by atoms with Crippen molar-refractivity contribution in [3.63, 3.8) is 0 Å². The van der Waals surface area contributed by atoms with Crippen molar-refractivity contribution in [1.82, 2.24) is 5.32 Å². The summed E-state index contributed by atoms with van der Waals surface area (Å²) >= 11 is 0. The highest BCUT2D eigenvalue weighted by molar-refractivity contribution is 7.89. The van der Waals surface area contributed by atoms with E-state index in [4.69, 9.17) is 9.15 Å². The standard InChI is InChI=1S/C19H23NO5S/c1-14-5-2-3-6-15(14)12-26(22,23)13-17-8-9-18(25-17)19(21)20-11-16-7-4-10-24-16/h2-3,5-6,8-9,16H,4,7,10-13H2,1H3,(H,20,21). The average Bonchev–Trinajstić information content (AvgIpc) is 3.26. The van der Waals surface area contributed by atoms with Gasteiger partial charge in [-0.3, -0.25) is 4.79 Å². The number of carbonyl (C=O) groups is 1. The number of benzene rings is 1. The number of ether oxygens (including phenoxy) is 1. The first kappa shape index (κ1) is 18.7. The van der Waals surface area contributed by atoms with Crippen molar-refractivity contribution in [1.29, 1.82) is 0 Å². The van der Waals surface area contributed by atoms with E-state index in [-0.39, 0.29) is 35.0 Å². The molecule has 1 aromatic carbocycles. The Labute approximate surface area is 153 Å². The van der Waals surface area contributed by atoms with Gasteiger partial charge in [0.2, 0.25) is 0 Å². The van der Waals surface area contributed by atoms with E-state index in [0.717, 1.165) is 30.6 Å². The van der Waals surface area contributed by atoms with Crippen LogP contribution in [0.25, 0.3) is 0 Å². The molecule has 0 bridgehead atoms. The summed E-state index contributed by atoms with van der Waals surface area (Å²) in [5.74, 6) is -0.269. The van der Waals surface area contributed by atoms with E-state index in [2.05, 4.69) is 5.32 Å². The molecule has 7 heteroatoms. The van der Waals surface area contributed by atoms with Gasteiger partial charge in [-0.1, -0.05) is 24.3 Å². The van der Waals surface area contributed by atoms with Gasteiger partial charge in [-0.05, 0) is 43.0 Å². The van der Waals surface area contributed by atoms with Crippen LogP contribution < -0.4 is 5.32 Å². The predicted molar refractivity (Wildman–Crippen MR) is 97.5 cm³/mol. The Hall–Kier alpha value is -2.12. The van der Waals surface area contributed by atoms with Crippen molar-refractivity contribution >= 4 is 15.7 Å². The molecule has 1 fully saturated rings. The van der Waals surface area contributed by atoms with Crippen LogP contribution in [0, 0.1) is 6.92 Å². The molecule has 1 atom stereocenters. The molecule has 0 aliphatic carbocycles. The number of nitrogens with one attached hydrogen (secondary N) is 1. The first-order valence-electron chi connectivity index (χ1n) is 8.66. The lowest BCUT2D eigenvalue weighted by Crippen LogP contribution is -2.31. The highest BCUT2D eigenvalue weighted by Gasteiger charge is 2.20. The first-order valence-corrected chi connectivity index (χ1v) is 10.5. The third-order valence-electron chi connectivity index (χ3n) is 4.40. The highest BCUT2D eigenvalue weighted by Crippen LogP contribution is 2.17. The number of rotatable bonds is 7. The highest BCUT2D eigenvalue weighted by atomic mass is 32.2. The van der Waals surface area contributed by atoms with Crippen molar-refractivity contribution in [2.75, 3.05) is 13.2 Å². The Bertz CT molecular complexity index is 866. The molecule has 0 radical (unpaired) electrons. The van der Waals surface area contributed by atoms with E-state index >= 15 is 0 Å².